The molecule has 3 N–H and O–H groups in total. The van der Waals surface area contributed by atoms with Gasteiger partial charge in [-0.3, -0.25) is 0 Å². The van der Waals surface area contributed by atoms with Crippen LogP contribution in [0, 0.1) is 6.92 Å². The molecule has 0 bridgehead atoms. The lowest BCUT2D eigenvalue weighted by Crippen LogP contribution is -2.15. The second kappa shape index (κ2) is 4.68. The Morgan fingerprint density at radius 2 is 1.95 bits per heavy atom. The highest BCUT2D eigenvalue weighted by Gasteiger charge is 2.11. The van der Waals surface area contributed by atoms with Crippen LogP contribution >= 0.6 is 0 Å². The van der Waals surface area contributed by atoms with Crippen molar-refractivity contribution in [1.82, 2.24) is 4.98 Å². The number of nitrogens with one attached hydrogen (secondary N) is 1. The Kier molecular flexibility index (Phi) is 2.87. The molecule has 0 amide bonds. The van der Waals surface area contributed by atoms with Gasteiger partial charge in [0, 0.05) is 11.8 Å². The van der Waals surface area contributed by atoms with Crippen molar-refractivity contribution in [2.45, 2.75) is 6.92 Å². The standard InChI is InChI=1S/C14H15N3O2/c1-9-6-14(16-8-11(9)15)17-10-2-3-12-13(7-10)19-5-4-18-12/h2-3,6-8H,4-5,15H2,1H3,(H,16,17). The summed E-state index contributed by atoms with van der Waals surface area (Å²) in [5.74, 6) is 2.28. The Bertz CT molecular complexity index is 614. The summed E-state index contributed by atoms with van der Waals surface area (Å²) in [7, 11) is 0. The SMILES string of the molecule is Cc1cc(Nc2ccc3c(c2)OCCO3)ncc1N. The lowest BCUT2D eigenvalue weighted by atomic mass is 10.2. The number of aromatic nitrogens is 1. The van der Waals surface area contributed by atoms with Crippen molar-refractivity contribution in [3.05, 3.63) is 36.0 Å². The fraction of sp³-hybridized carbons (Fsp3) is 0.214. The maximum Gasteiger partial charge on any atom is 0.163 e. The summed E-state index contributed by atoms with van der Waals surface area (Å²) in [4.78, 5) is 4.24. The third-order valence-corrected chi connectivity index (χ3v) is 2.97. The Morgan fingerprint density at radius 3 is 2.74 bits per heavy atom. The number of nitrogen functional groups attached to an aromatic ring is 1. The zero-order valence-electron chi connectivity index (χ0n) is 10.6. The first-order valence-electron chi connectivity index (χ1n) is 6.11. The van der Waals surface area contributed by atoms with E-state index in [2.05, 4.69) is 10.3 Å². The minimum Gasteiger partial charge on any atom is -0.486 e. The fourth-order valence-electron chi connectivity index (χ4n) is 1.90. The van der Waals surface area contributed by atoms with Gasteiger partial charge in [-0.05, 0) is 30.7 Å². The molecule has 2 aromatic rings. The molecule has 0 spiro atoms. The van der Waals surface area contributed by atoms with Gasteiger partial charge < -0.3 is 20.5 Å². The van der Waals surface area contributed by atoms with Crippen molar-refractivity contribution in [3.8, 4) is 11.5 Å². The number of nitrogens with zero attached hydrogens (tertiary/aromatic N) is 1. The number of pyridine rings is 1. The Labute approximate surface area is 111 Å². The molecule has 0 saturated heterocycles. The summed E-state index contributed by atoms with van der Waals surface area (Å²) in [5, 5.41) is 3.22. The minimum atomic E-state index is 0.579. The quantitative estimate of drug-likeness (QED) is 0.865. The molecule has 98 valence electrons. The number of ether oxygens (including phenoxy) is 2. The van der Waals surface area contributed by atoms with Crippen LogP contribution in [0.25, 0.3) is 0 Å². The lowest BCUT2D eigenvalue weighted by Gasteiger charge is -2.19. The number of benzene rings is 1. The predicted octanol–water partition coefficient (Wildman–Crippen LogP) is 2.49. The van der Waals surface area contributed by atoms with Crippen LogP contribution in [0.15, 0.2) is 30.5 Å². The summed E-state index contributed by atoms with van der Waals surface area (Å²) >= 11 is 0. The summed E-state index contributed by atoms with van der Waals surface area (Å²) < 4.78 is 11.0. The van der Waals surface area contributed by atoms with Crippen LogP contribution in [0.3, 0.4) is 0 Å². The molecule has 1 aliphatic heterocycles. The molecule has 5 heteroatoms. The fourth-order valence-corrected chi connectivity index (χ4v) is 1.90. The maximum atomic E-state index is 5.75. The van der Waals surface area contributed by atoms with Gasteiger partial charge in [-0.1, -0.05) is 0 Å². The summed E-state index contributed by atoms with van der Waals surface area (Å²) in [6.07, 6.45) is 1.65. The molecular weight excluding hydrogens is 242 g/mol. The number of anilines is 3. The van der Waals surface area contributed by atoms with Crippen LogP contribution in [0.5, 0.6) is 11.5 Å². The monoisotopic (exact) mass is 257 g/mol. The van der Waals surface area contributed by atoms with Gasteiger partial charge in [-0.2, -0.15) is 0 Å². The van der Waals surface area contributed by atoms with E-state index >= 15 is 0 Å². The van der Waals surface area contributed by atoms with E-state index in [9.17, 15) is 0 Å². The molecule has 0 atom stereocenters. The highest BCUT2D eigenvalue weighted by Crippen LogP contribution is 2.33. The minimum absolute atomic E-state index is 0.579. The van der Waals surface area contributed by atoms with Gasteiger partial charge in [0.15, 0.2) is 11.5 Å². The predicted molar refractivity (Wildman–Crippen MR) is 74.1 cm³/mol. The van der Waals surface area contributed by atoms with Crippen LogP contribution in [0.2, 0.25) is 0 Å². The van der Waals surface area contributed by atoms with Crippen LogP contribution in [-0.2, 0) is 0 Å². The molecule has 1 aromatic carbocycles. The van der Waals surface area contributed by atoms with Gasteiger partial charge >= 0.3 is 0 Å². The van der Waals surface area contributed by atoms with Gasteiger partial charge in [0.25, 0.3) is 0 Å². The number of aryl methyl sites for hydroxylation is 1. The second-order valence-electron chi connectivity index (χ2n) is 4.41. The van der Waals surface area contributed by atoms with Crippen LogP contribution < -0.4 is 20.5 Å². The average molecular weight is 257 g/mol. The molecule has 0 aliphatic carbocycles. The van der Waals surface area contributed by atoms with E-state index in [0.717, 1.165) is 28.6 Å². The van der Waals surface area contributed by atoms with Crippen molar-refractivity contribution >= 4 is 17.2 Å². The van der Waals surface area contributed by atoms with E-state index < -0.39 is 0 Å². The van der Waals surface area contributed by atoms with Gasteiger partial charge in [-0.25, -0.2) is 4.98 Å². The highest BCUT2D eigenvalue weighted by molar-refractivity contribution is 5.63. The molecule has 0 fully saturated rings. The summed E-state index contributed by atoms with van der Waals surface area (Å²) in [6, 6.07) is 7.63. The number of rotatable bonds is 2. The molecule has 5 nitrogen and oxygen atoms in total. The first-order chi connectivity index (χ1) is 9.22. The van der Waals surface area contributed by atoms with Gasteiger partial charge in [0.05, 0.1) is 11.9 Å². The number of hydrogen-bond acceptors (Lipinski definition) is 5. The van der Waals surface area contributed by atoms with E-state index in [1.54, 1.807) is 6.20 Å². The summed E-state index contributed by atoms with van der Waals surface area (Å²) in [5.41, 5.74) is 8.33. The normalized spacial score (nSPS) is 13.1. The van der Waals surface area contributed by atoms with Crippen molar-refractivity contribution in [2.75, 3.05) is 24.3 Å². The maximum absolute atomic E-state index is 5.75. The van der Waals surface area contributed by atoms with E-state index in [0.29, 0.717) is 18.9 Å². The molecule has 19 heavy (non-hydrogen) atoms. The summed E-state index contributed by atoms with van der Waals surface area (Å²) in [6.45, 7) is 3.13. The first-order valence-corrected chi connectivity index (χ1v) is 6.11. The molecule has 1 aliphatic rings. The third kappa shape index (κ3) is 2.40. The first kappa shape index (κ1) is 11.6. The van der Waals surface area contributed by atoms with Gasteiger partial charge in [0.1, 0.15) is 19.0 Å². The topological polar surface area (TPSA) is 69.4 Å². The van der Waals surface area contributed by atoms with E-state index in [1.165, 1.54) is 0 Å². The molecule has 0 unspecified atom stereocenters. The van der Waals surface area contributed by atoms with Crippen molar-refractivity contribution in [1.29, 1.82) is 0 Å². The number of fused-ring (bicyclic) bond motifs is 1. The number of nitrogens with two attached hydrogens (primary N) is 1. The van der Waals surface area contributed by atoms with E-state index in [-0.39, 0.29) is 0 Å². The zero-order valence-corrected chi connectivity index (χ0v) is 10.6. The molecule has 0 saturated carbocycles. The Hall–Kier alpha value is -2.43. The smallest absolute Gasteiger partial charge is 0.163 e. The number of hydrogen-bond donors (Lipinski definition) is 2. The molecule has 1 aromatic heterocycles. The zero-order chi connectivity index (χ0) is 13.2. The lowest BCUT2D eigenvalue weighted by molar-refractivity contribution is 0.171. The van der Waals surface area contributed by atoms with Crippen molar-refractivity contribution < 1.29 is 9.47 Å². The van der Waals surface area contributed by atoms with Crippen LogP contribution in [0.1, 0.15) is 5.56 Å². The van der Waals surface area contributed by atoms with E-state index in [1.807, 2.05) is 31.2 Å². The largest absolute Gasteiger partial charge is 0.486 e. The van der Waals surface area contributed by atoms with Crippen molar-refractivity contribution in [3.63, 3.8) is 0 Å². The van der Waals surface area contributed by atoms with Gasteiger partial charge in [-0.15, -0.1) is 0 Å². The van der Waals surface area contributed by atoms with Crippen molar-refractivity contribution in [2.24, 2.45) is 0 Å². The van der Waals surface area contributed by atoms with Crippen LogP contribution in [-0.4, -0.2) is 18.2 Å². The molecular formula is C14H15N3O2. The van der Waals surface area contributed by atoms with Crippen LogP contribution in [0.4, 0.5) is 17.2 Å². The molecule has 0 radical (unpaired) electrons. The average Bonchev–Trinajstić information content (AvgIpc) is 2.43. The third-order valence-electron chi connectivity index (χ3n) is 2.97. The van der Waals surface area contributed by atoms with E-state index in [4.69, 9.17) is 15.2 Å². The Morgan fingerprint density at radius 1 is 1.16 bits per heavy atom. The Balaban J connectivity index is 1.84. The van der Waals surface area contributed by atoms with Gasteiger partial charge in [0.2, 0.25) is 0 Å². The molecule has 2 heterocycles. The second-order valence-corrected chi connectivity index (χ2v) is 4.41. The highest BCUT2D eigenvalue weighted by atomic mass is 16.6. The molecule has 3 rings (SSSR count).